The van der Waals surface area contributed by atoms with Gasteiger partial charge in [0.05, 0.1) is 0 Å². The quantitative estimate of drug-likeness (QED) is 0.457. The number of nitrogens with zero attached hydrogens (tertiary/aromatic N) is 1. The molecule has 5 nitrogen and oxygen atoms in total. The molecule has 0 aliphatic heterocycles. The van der Waals surface area contributed by atoms with Gasteiger partial charge in [0.1, 0.15) is 0 Å². The van der Waals surface area contributed by atoms with E-state index in [1.807, 2.05) is 31.2 Å². The van der Waals surface area contributed by atoms with Crippen LogP contribution in [0.3, 0.4) is 0 Å². The van der Waals surface area contributed by atoms with Crippen molar-refractivity contribution in [1.82, 2.24) is 16.0 Å². The lowest BCUT2D eigenvalue weighted by molar-refractivity contribution is 0.0953. The van der Waals surface area contributed by atoms with Crippen molar-refractivity contribution < 1.29 is 4.79 Å². The van der Waals surface area contributed by atoms with Crippen LogP contribution in [0, 0.1) is 5.92 Å². The Bertz CT molecular complexity index is 728. The molecule has 0 bridgehead atoms. The second-order valence-electron chi connectivity index (χ2n) is 6.65. The number of nitrogens with one attached hydrogen (secondary N) is 3. The molecule has 0 spiro atoms. The largest absolute Gasteiger partial charge is 0.356 e. The van der Waals surface area contributed by atoms with E-state index >= 15 is 0 Å². The standard InChI is InChI=1S/C21H30N4OS/c1-4-10-23-20(26)18-8-5-7-17(13-18)15-25-21(22-3)24-14-16(2)12-19-9-6-11-27-19/h5-9,11,13,16H,4,10,12,14-15H2,1-3H3,(H,23,26)(H2,22,24,25). The number of thiophene rings is 1. The summed E-state index contributed by atoms with van der Waals surface area (Å²) in [5, 5.41) is 11.7. The van der Waals surface area contributed by atoms with Gasteiger partial charge in [-0.05, 0) is 47.9 Å². The van der Waals surface area contributed by atoms with Gasteiger partial charge in [-0.2, -0.15) is 0 Å². The zero-order valence-electron chi connectivity index (χ0n) is 16.4. The van der Waals surface area contributed by atoms with Crippen LogP contribution in [0.15, 0.2) is 46.8 Å². The Morgan fingerprint density at radius 1 is 1.19 bits per heavy atom. The topological polar surface area (TPSA) is 65.5 Å². The second kappa shape index (κ2) is 11.4. The maximum atomic E-state index is 12.1. The van der Waals surface area contributed by atoms with Gasteiger partial charge < -0.3 is 16.0 Å². The predicted octanol–water partition coefficient (Wildman–Crippen LogP) is 3.43. The second-order valence-corrected chi connectivity index (χ2v) is 7.68. The van der Waals surface area contributed by atoms with Crippen molar-refractivity contribution in [3.8, 4) is 0 Å². The summed E-state index contributed by atoms with van der Waals surface area (Å²) < 4.78 is 0. The van der Waals surface area contributed by atoms with Crippen LogP contribution >= 0.6 is 11.3 Å². The molecule has 1 atom stereocenters. The van der Waals surface area contributed by atoms with Gasteiger partial charge in [0.15, 0.2) is 5.96 Å². The number of guanidine groups is 1. The molecule has 1 aromatic heterocycles. The smallest absolute Gasteiger partial charge is 0.251 e. The summed E-state index contributed by atoms with van der Waals surface area (Å²) in [5.74, 6) is 1.27. The summed E-state index contributed by atoms with van der Waals surface area (Å²) in [4.78, 5) is 17.8. The van der Waals surface area contributed by atoms with E-state index in [0.717, 1.165) is 30.9 Å². The molecule has 3 N–H and O–H groups in total. The monoisotopic (exact) mass is 386 g/mol. The molecule has 2 rings (SSSR count). The lowest BCUT2D eigenvalue weighted by Crippen LogP contribution is -2.39. The molecular formula is C21H30N4OS. The van der Waals surface area contributed by atoms with E-state index in [-0.39, 0.29) is 5.91 Å². The Morgan fingerprint density at radius 2 is 2.04 bits per heavy atom. The Balaban J connectivity index is 1.80. The van der Waals surface area contributed by atoms with Crippen LogP contribution < -0.4 is 16.0 Å². The van der Waals surface area contributed by atoms with Crippen molar-refractivity contribution >= 4 is 23.2 Å². The molecule has 0 saturated heterocycles. The van der Waals surface area contributed by atoms with Crippen LogP contribution in [0.1, 0.15) is 41.1 Å². The molecule has 0 saturated carbocycles. The molecule has 146 valence electrons. The fourth-order valence-corrected chi connectivity index (χ4v) is 3.55. The Morgan fingerprint density at radius 3 is 2.74 bits per heavy atom. The maximum absolute atomic E-state index is 12.1. The van der Waals surface area contributed by atoms with E-state index in [0.29, 0.717) is 24.6 Å². The number of hydrogen-bond donors (Lipinski definition) is 3. The minimum Gasteiger partial charge on any atom is -0.356 e. The van der Waals surface area contributed by atoms with Gasteiger partial charge in [-0.15, -0.1) is 11.3 Å². The van der Waals surface area contributed by atoms with Gasteiger partial charge in [0.25, 0.3) is 5.91 Å². The van der Waals surface area contributed by atoms with Crippen molar-refractivity contribution in [3.63, 3.8) is 0 Å². The first-order valence-corrected chi connectivity index (χ1v) is 10.3. The van der Waals surface area contributed by atoms with Crippen molar-refractivity contribution in [2.24, 2.45) is 10.9 Å². The van der Waals surface area contributed by atoms with Gasteiger partial charge in [0.2, 0.25) is 0 Å². The average Bonchev–Trinajstić information content (AvgIpc) is 3.19. The van der Waals surface area contributed by atoms with Crippen LogP contribution in [-0.4, -0.2) is 32.0 Å². The minimum atomic E-state index is -0.0244. The van der Waals surface area contributed by atoms with Gasteiger partial charge >= 0.3 is 0 Å². The third-order valence-electron chi connectivity index (χ3n) is 4.16. The predicted molar refractivity (Wildman–Crippen MR) is 114 cm³/mol. The molecule has 0 fully saturated rings. The van der Waals surface area contributed by atoms with E-state index in [1.54, 1.807) is 18.4 Å². The van der Waals surface area contributed by atoms with Crippen LogP contribution in [-0.2, 0) is 13.0 Å². The molecular weight excluding hydrogens is 356 g/mol. The Kier molecular flexibility index (Phi) is 8.84. The average molecular weight is 387 g/mol. The molecule has 1 heterocycles. The fraction of sp³-hybridized carbons (Fsp3) is 0.429. The van der Waals surface area contributed by atoms with E-state index in [1.165, 1.54) is 4.88 Å². The number of rotatable bonds is 9. The van der Waals surface area contributed by atoms with Crippen molar-refractivity contribution in [2.45, 2.75) is 33.2 Å². The summed E-state index contributed by atoms with van der Waals surface area (Å²) in [6.07, 6.45) is 2.00. The summed E-state index contributed by atoms with van der Waals surface area (Å²) >= 11 is 1.80. The molecule has 1 aromatic carbocycles. The number of carbonyl (C=O) groups is 1. The maximum Gasteiger partial charge on any atom is 0.251 e. The number of benzene rings is 1. The van der Waals surface area contributed by atoms with Crippen LogP contribution in [0.2, 0.25) is 0 Å². The molecule has 2 aromatic rings. The number of carbonyl (C=O) groups excluding carboxylic acids is 1. The normalized spacial score (nSPS) is 12.5. The molecule has 0 radical (unpaired) electrons. The van der Waals surface area contributed by atoms with Crippen molar-refractivity contribution in [1.29, 1.82) is 0 Å². The molecule has 0 aliphatic carbocycles. The number of aliphatic imine (C=N–C) groups is 1. The zero-order chi connectivity index (χ0) is 19.5. The Labute approximate surface area is 166 Å². The first-order valence-electron chi connectivity index (χ1n) is 9.46. The third kappa shape index (κ3) is 7.43. The highest BCUT2D eigenvalue weighted by atomic mass is 32.1. The molecule has 27 heavy (non-hydrogen) atoms. The highest BCUT2D eigenvalue weighted by molar-refractivity contribution is 7.09. The third-order valence-corrected chi connectivity index (χ3v) is 5.05. The van der Waals surface area contributed by atoms with Gasteiger partial charge in [0, 0.05) is 37.1 Å². The van der Waals surface area contributed by atoms with Crippen LogP contribution in [0.25, 0.3) is 0 Å². The highest BCUT2D eigenvalue weighted by Gasteiger charge is 2.08. The van der Waals surface area contributed by atoms with Gasteiger partial charge in [-0.25, -0.2) is 0 Å². The van der Waals surface area contributed by atoms with E-state index < -0.39 is 0 Å². The summed E-state index contributed by atoms with van der Waals surface area (Å²) in [6, 6.07) is 12.0. The van der Waals surface area contributed by atoms with Crippen molar-refractivity contribution in [3.05, 3.63) is 57.8 Å². The minimum absolute atomic E-state index is 0.0244. The molecule has 1 unspecified atom stereocenters. The lowest BCUT2D eigenvalue weighted by atomic mass is 10.1. The highest BCUT2D eigenvalue weighted by Crippen LogP contribution is 2.13. The summed E-state index contributed by atoms with van der Waals surface area (Å²) in [6.45, 7) is 6.45. The molecule has 0 aliphatic rings. The van der Waals surface area contributed by atoms with E-state index in [4.69, 9.17) is 0 Å². The van der Waals surface area contributed by atoms with Crippen LogP contribution in [0.5, 0.6) is 0 Å². The van der Waals surface area contributed by atoms with E-state index in [2.05, 4.69) is 45.4 Å². The summed E-state index contributed by atoms with van der Waals surface area (Å²) in [5.41, 5.74) is 1.74. The number of hydrogen-bond acceptors (Lipinski definition) is 3. The van der Waals surface area contributed by atoms with Crippen molar-refractivity contribution in [2.75, 3.05) is 20.1 Å². The lowest BCUT2D eigenvalue weighted by Gasteiger charge is -2.16. The van der Waals surface area contributed by atoms with Gasteiger partial charge in [-0.3, -0.25) is 9.79 Å². The molecule has 1 amide bonds. The number of amides is 1. The fourth-order valence-electron chi connectivity index (χ4n) is 2.68. The first-order chi connectivity index (χ1) is 13.1. The summed E-state index contributed by atoms with van der Waals surface area (Å²) in [7, 11) is 1.77. The zero-order valence-corrected chi connectivity index (χ0v) is 17.2. The van der Waals surface area contributed by atoms with E-state index in [9.17, 15) is 4.79 Å². The Hall–Kier alpha value is -2.34. The van der Waals surface area contributed by atoms with Gasteiger partial charge in [-0.1, -0.05) is 32.0 Å². The first kappa shape index (κ1) is 21.0. The SMILES string of the molecule is CCCNC(=O)c1cccc(CNC(=NC)NCC(C)Cc2cccs2)c1. The molecule has 6 heteroatoms. The van der Waals surface area contributed by atoms with Crippen LogP contribution in [0.4, 0.5) is 0 Å².